The summed E-state index contributed by atoms with van der Waals surface area (Å²) in [6.07, 6.45) is 19.3. The monoisotopic (exact) mass is 380 g/mol. The van der Waals surface area contributed by atoms with Gasteiger partial charge in [-0.15, -0.1) is 0 Å². The van der Waals surface area contributed by atoms with Gasteiger partial charge in [0.2, 0.25) is 0 Å². The van der Waals surface area contributed by atoms with E-state index in [4.69, 9.17) is 0 Å². The topological polar surface area (TPSA) is 54.4 Å². The molecule has 0 aliphatic heterocycles. The zero-order valence-corrected chi connectivity index (χ0v) is 18.2. The summed E-state index contributed by atoms with van der Waals surface area (Å²) in [5, 5.41) is 9.63. The summed E-state index contributed by atoms with van der Waals surface area (Å²) in [6, 6.07) is 0. The lowest BCUT2D eigenvalue weighted by atomic mass is 9.70. The first-order valence-electron chi connectivity index (χ1n) is 11.3. The van der Waals surface area contributed by atoms with Crippen LogP contribution in [-0.2, 0) is 9.59 Å². The van der Waals surface area contributed by atoms with E-state index >= 15 is 0 Å². The molecule has 0 aromatic heterocycles. The van der Waals surface area contributed by atoms with E-state index < -0.39 is 11.4 Å². The van der Waals surface area contributed by atoms with Crippen LogP contribution >= 0.6 is 0 Å². The molecule has 0 radical (unpaired) electrons. The molecule has 0 saturated heterocycles. The number of carboxylic acids is 1. The molecule has 0 heterocycles. The number of rotatable bonds is 19. The smallest absolute Gasteiger partial charge is 0.317 e. The molecule has 1 N–H and O–H groups in total. The lowest BCUT2D eigenvalue weighted by Gasteiger charge is -2.30. The first-order valence-corrected chi connectivity index (χ1v) is 11.3. The molecule has 0 spiro atoms. The summed E-state index contributed by atoms with van der Waals surface area (Å²) >= 11 is 0. The van der Waals surface area contributed by atoms with Gasteiger partial charge >= 0.3 is 5.97 Å². The fraction of sp³-hybridized carbons (Fsp3) is 0.833. The molecule has 0 aromatic rings. The predicted octanol–water partition coefficient (Wildman–Crippen LogP) is 7.34. The van der Waals surface area contributed by atoms with Crippen LogP contribution in [0.25, 0.3) is 0 Å². The summed E-state index contributed by atoms with van der Waals surface area (Å²) in [7, 11) is 0. The highest BCUT2D eigenvalue weighted by Gasteiger charge is 2.46. The number of hydrogen-bond acceptors (Lipinski definition) is 2. The molecule has 0 aromatic carbocycles. The van der Waals surface area contributed by atoms with Gasteiger partial charge in [-0.1, -0.05) is 117 Å². The van der Waals surface area contributed by atoms with Crippen molar-refractivity contribution >= 4 is 11.8 Å². The normalized spacial score (nSPS) is 13.5. The SMILES string of the molecule is C=CC(=O)C(CCCCCCCCCCCCCCCC)(C(=O)O)C(C)C. The zero-order valence-electron chi connectivity index (χ0n) is 18.2. The van der Waals surface area contributed by atoms with E-state index in [1.54, 1.807) is 0 Å². The van der Waals surface area contributed by atoms with Crippen molar-refractivity contribution in [1.82, 2.24) is 0 Å². The van der Waals surface area contributed by atoms with Gasteiger partial charge < -0.3 is 5.11 Å². The predicted molar refractivity (Wildman–Crippen MR) is 115 cm³/mol. The average molecular weight is 381 g/mol. The largest absolute Gasteiger partial charge is 0.480 e. The van der Waals surface area contributed by atoms with E-state index in [-0.39, 0.29) is 11.7 Å². The number of hydrogen-bond donors (Lipinski definition) is 1. The van der Waals surface area contributed by atoms with E-state index in [0.29, 0.717) is 6.42 Å². The Labute approximate surface area is 168 Å². The Morgan fingerprint density at radius 3 is 1.48 bits per heavy atom. The van der Waals surface area contributed by atoms with E-state index in [9.17, 15) is 14.7 Å². The Morgan fingerprint density at radius 1 is 0.815 bits per heavy atom. The van der Waals surface area contributed by atoms with Gasteiger partial charge in [-0.3, -0.25) is 9.59 Å². The Morgan fingerprint density at radius 2 is 1.19 bits per heavy atom. The summed E-state index contributed by atoms with van der Waals surface area (Å²) < 4.78 is 0. The van der Waals surface area contributed by atoms with Gasteiger partial charge in [-0.2, -0.15) is 0 Å². The van der Waals surface area contributed by atoms with Crippen LogP contribution in [0, 0.1) is 11.3 Å². The number of aliphatic carboxylic acids is 1. The molecule has 1 unspecified atom stereocenters. The highest BCUT2D eigenvalue weighted by Crippen LogP contribution is 2.36. The molecule has 158 valence electrons. The van der Waals surface area contributed by atoms with Crippen LogP contribution in [0.4, 0.5) is 0 Å². The standard InChI is InChI=1S/C24H44O3/c1-5-7-8-9-10-11-12-13-14-15-16-17-18-19-20-24(21(3)4,23(26)27)22(25)6-2/h6,21H,2,5,7-20H2,1,3-4H3,(H,26,27). The van der Waals surface area contributed by atoms with Crippen molar-refractivity contribution in [1.29, 1.82) is 0 Å². The first kappa shape index (κ1) is 25.9. The lowest BCUT2D eigenvalue weighted by molar-refractivity contribution is -0.157. The third-order valence-electron chi connectivity index (χ3n) is 5.92. The van der Waals surface area contributed by atoms with Gasteiger partial charge in [0, 0.05) is 0 Å². The summed E-state index contributed by atoms with van der Waals surface area (Å²) in [5.74, 6) is -1.57. The number of ketones is 1. The van der Waals surface area contributed by atoms with Crippen molar-refractivity contribution in [2.75, 3.05) is 0 Å². The molecule has 0 bridgehead atoms. The molecule has 0 fully saturated rings. The summed E-state index contributed by atoms with van der Waals surface area (Å²) in [6.45, 7) is 9.39. The van der Waals surface area contributed by atoms with Gasteiger partial charge in [0.25, 0.3) is 0 Å². The molecule has 3 heteroatoms. The van der Waals surface area contributed by atoms with E-state index in [2.05, 4.69) is 13.5 Å². The minimum Gasteiger partial charge on any atom is -0.480 e. The Balaban J connectivity index is 3.79. The highest BCUT2D eigenvalue weighted by atomic mass is 16.4. The van der Waals surface area contributed by atoms with Crippen LogP contribution in [0.3, 0.4) is 0 Å². The van der Waals surface area contributed by atoms with Gasteiger partial charge in [0.1, 0.15) is 5.41 Å². The minimum absolute atomic E-state index is 0.220. The number of carbonyl (C=O) groups is 2. The lowest BCUT2D eigenvalue weighted by Crippen LogP contribution is -2.43. The van der Waals surface area contributed by atoms with Gasteiger partial charge in [-0.25, -0.2) is 0 Å². The molecule has 0 amide bonds. The number of carbonyl (C=O) groups excluding carboxylic acids is 1. The Bertz CT molecular complexity index is 414. The Kier molecular flexibility index (Phi) is 15.2. The molecule has 1 atom stereocenters. The van der Waals surface area contributed by atoms with Crippen molar-refractivity contribution in [3.8, 4) is 0 Å². The second-order valence-corrected chi connectivity index (χ2v) is 8.35. The van der Waals surface area contributed by atoms with Crippen LogP contribution in [0.5, 0.6) is 0 Å². The summed E-state index contributed by atoms with van der Waals surface area (Å²) in [5.41, 5.74) is -1.29. The van der Waals surface area contributed by atoms with Crippen LogP contribution in [0.1, 0.15) is 117 Å². The maximum atomic E-state index is 12.2. The zero-order chi connectivity index (χ0) is 20.5. The maximum absolute atomic E-state index is 12.2. The van der Waals surface area contributed by atoms with E-state index in [1.807, 2.05) is 13.8 Å². The maximum Gasteiger partial charge on any atom is 0.317 e. The molecular weight excluding hydrogens is 336 g/mol. The summed E-state index contributed by atoms with van der Waals surface area (Å²) in [4.78, 5) is 23.9. The second kappa shape index (κ2) is 15.9. The molecule has 3 nitrogen and oxygen atoms in total. The van der Waals surface area contributed by atoms with Crippen molar-refractivity contribution in [3.05, 3.63) is 12.7 Å². The number of carboxylic acid groups (broad SMARTS) is 1. The molecule has 0 aliphatic carbocycles. The van der Waals surface area contributed by atoms with E-state index in [0.717, 1.165) is 19.3 Å². The van der Waals surface area contributed by atoms with Crippen molar-refractivity contribution in [2.24, 2.45) is 11.3 Å². The third-order valence-corrected chi connectivity index (χ3v) is 5.92. The minimum atomic E-state index is -1.29. The van der Waals surface area contributed by atoms with Crippen LogP contribution in [0.2, 0.25) is 0 Å². The van der Waals surface area contributed by atoms with Crippen molar-refractivity contribution in [2.45, 2.75) is 117 Å². The molecule has 0 rings (SSSR count). The average Bonchev–Trinajstić information content (AvgIpc) is 2.64. The molecular formula is C24H44O3. The molecule has 27 heavy (non-hydrogen) atoms. The second-order valence-electron chi connectivity index (χ2n) is 8.35. The van der Waals surface area contributed by atoms with Crippen LogP contribution < -0.4 is 0 Å². The van der Waals surface area contributed by atoms with Crippen LogP contribution in [-0.4, -0.2) is 16.9 Å². The first-order chi connectivity index (χ1) is 12.9. The van der Waals surface area contributed by atoms with E-state index in [1.165, 1.54) is 76.7 Å². The van der Waals surface area contributed by atoms with Crippen molar-refractivity contribution < 1.29 is 14.7 Å². The van der Waals surface area contributed by atoms with Gasteiger partial charge in [0.05, 0.1) is 0 Å². The fourth-order valence-corrected chi connectivity index (χ4v) is 3.94. The van der Waals surface area contributed by atoms with Crippen LogP contribution in [0.15, 0.2) is 12.7 Å². The quantitative estimate of drug-likeness (QED) is 0.145. The van der Waals surface area contributed by atoms with Crippen molar-refractivity contribution in [3.63, 3.8) is 0 Å². The highest BCUT2D eigenvalue weighted by molar-refractivity contribution is 6.08. The fourth-order valence-electron chi connectivity index (χ4n) is 3.94. The third kappa shape index (κ3) is 10.1. The van der Waals surface area contributed by atoms with Gasteiger partial charge in [0.15, 0.2) is 5.78 Å². The Hall–Kier alpha value is -1.12. The molecule has 0 aliphatic rings. The van der Waals surface area contributed by atoms with Gasteiger partial charge in [-0.05, 0) is 18.4 Å². The number of unbranched alkanes of at least 4 members (excludes halogenated alkanes) is 13. The molecule has 0 saturated carbocycles. The number of allylic oxidation sites excluding steroid dienone is 1.